The van der Waals surface area contributed by atoms with Crippen molar-refractivity contribution in [3.05, 3.63) is 48.8 Å². The molecule has 0 saturated carbocycles. The molecule has 1 fully saturated rings. The van der Waals surface area contributed by atoms with E-state index < -0.39 is 0 Å². The Kier molecular flexibility index (Phi) is 7.00. The first-order valence-electron chi connectivity index (χ1n) is 9.35. The van der Waals surface area contributed by atoms with Crippen LogP contribution in [0.3, 0.4) is 0 Å². The Hall–Kier alpha value is -1.95. The van der Waals surface area contributed by atoms with Gasteiger partial charge in [-0.25, -0.2) is 0 Å². The van der Waals surface area contributed by atoms with Crippen molar-refractivity contribution < 1.29 is 0 Å². The van der Waals surface area contributed by atoms with Crippen LogP contribution in [0.15, 0.2) is 58.7 Å². The van der Waals surface area contributed by atoms with E-state index in [1.54, 1.807) is 0 Å². The summed E-state index contributed by atoms with van der Waals surface area (Å²) in [6, 6.07) is 12.7. The van der Waals surface area contributed by atoms with Gasteiger partial charge in [-0.15, -0.1) is 11.8 Å². The molecule has 1 aliphatic heterocycles. The first-order chi connectivity index (χ1) is 12.7. The standard InChI is InChI=1S/C20H29N5S/c1-17(14-25-11-6-10-23-25)13-22-20(21-2)24-12-9-18(15-24)16-26-19-7-4-3-5-8-19/h3-8,10-11,17-18H,9,12-16H2,1-2H3,(H,21,22). The molecule has 6 heteroatoms. The lowest BCUT2D eigenvalue weighted by molar-refractivity contribution is 0.423. The highest BCUT2D eigenvalue weighted by atomic mass is 32.2. The van der Waals surface area contributed by atoms with Crippen LogP contribution in [0.25, 0.3) is 0 Å². The minimum atomic E-state index is 0.499. The Bertz CT molecular complexity index is 671. The van der Waals surface area contributed by atoms with Crippen LogP contribution in [0.2, 0.25) is 0 Å². The minimum Gasteiger partial charge on any atom is -0.356 e. The quantitative estimate of drug-likeness (QED) is 0.461. The van der Waals surface area contributed by atoms with Crippen LogP contribution in [0.4, 0.5) is 0 Å². The molecule has 2 aromatic rings. The number of likely N-dealkylation sites (tertiary alicyclic amines) is 1. The van der Waals surface area contributed by atoms with E-state index in [4.69, 9.17) is 0 Å². The number of guanidine groups is 1. The number of nitrogens with one attached hydrogen (secondary N) is 1. The summed E-state index contributed by atoms with van der Waals surface area (Å²) >= 11 is 1.96. The lowest BCUT2D eigenvalue weighted by Crippen LogP contribution is -2.42. The molecule has 0 spiro atoms. The van der Waals surface area contributed by atoms with Gasteiger partial charge in [-0.05, 0) is 36.5 Å². The normalized spacial score (nSPS) is 18.9. The Labute approximate surface area is 160 Å². The van der Waals surface area contributed by atoms with Gasteiger partial charge in [0.15, 0.2) is 5.96 Å². The molecule has 2 atom stereocenters. The van der Waals surface area contributed by atoms with E-state index in [1.165, 1.54) is 17.1 Å². The predicted octanol–water partition coefficient (Wildman–Crippen LogP) is 3.21. The molecule has 140 valence electrons. The molecule has 0 aliphatic carbocycles. The van der Waals surface area contributed by atoms with E-state index in [-0.39, 0.29) is 0 Å². The zero-order chi connectivity index (χ0) is 18.2. The maximum atomic E-state index is 4.49. The number of thioether (sulfide) groups is 1. The molecule has 26 heavy (non-hydrogen) atoms. The van der Waals surface area contributed by atoms with Gasteiger partial charge in [0.2, 0.25) is 0 Å². The van der Waals surface area contributed by atoms with Crippen molar-refractivity contribution in [2.24, 2.45) is 16.8 Å². The van der Waals surface area contributed by atoms with Gasteiger partial charge in [-0.3, -0.25) is 9.67 Å². The number of nitrogens with zero attached hydrogens (tertiary/aromatic N) is 4. The zero-order valence-electron chi connectivity index (χ0n) is 15.7. The largest absolute Gasteiger partial charge is 0.356 e. The Morgan fingerprint density at radius 1 is 1.35 bits per heavy atom. The second-order valence-electron chi connectivity index (χ2n) is 6.99. The van der Waals surface area contributed by atoms with Crippen molar-refractivity contribution in [3.63, 3.8) is 0 Å². The summed E-state index contributed by atoms with van der Waals surface area (Å²) in [4.78, 5) is 8.26. The molecule has 1 aromatic carbocycles. The number of aliphatic imine (C=N–C) groups is 1. The summed E-state index contributed by atoms with van der Waals surface area (Å²) in [6.07, 6.45) is 5.08. The van der Waals surface area contributed by atoms with Gasteiger partial charge in [0, 0.05) is 56.3 Å². The summed E-state index contributed by atoms with van der Waals surface area (Å²) in [6.45, 7) is 6.26. The van der Waals surface area contributed by atoms with E-state index in [9.17, 15) is 0 Å². The first kappa shape index (κ1) is 18.8. The Morgan fingerprint density at radius 3 is 2.92 bits per heavy atom. The third-order valence-electron chi connectivity index (χ3n) is 4.69. The molecule has 1 aromatic heterocycles. The fourth-order valence-electron chi connectivity index (χ4n) is 3.28. The van der Waals surface area contributed by atoms with Crippen molar-refractivity contribution in [1.82, 2.24) is 20.0 Å². The van der Waals surface area contributed by atoms with Gasteiger partial charge < -0.3 is 10.2 Å². The molecule has 0 radical (unpaired) electrons. The van der Waals surface area contributed by atoms with E-state index in [0.717, 1.165) is 38.1 Å². The summed E-state index contributed by atoms with van der Waals surface area (Å²) in [5.74, 6) is 3.43. The second-order valence-corrected chi connectivity index (χ2v) is 8.08. The monoisotopic (exact) mass is 371 g/mol. The SMILES string of the molecule is CN=C(NCC(C)Cn1cccn1)N1CCC(CSc2ccccc2)C1. The Balaban J connectivity index is 1.41. The lowest BCUT2D eigenvalue weighted by Gasteiger charge is -2.23. The van der Waals surface area contributed by atoms with Crippen LogP contribution in [0, 0.1) is 11.8 Å². The highest BCUT2D eigenvalue weighted by Gasteiger charge is 2.25. The fourth-order valence-corrected chi connectivity index (χ4v) is 4.33. The molecule has 2 heterocycles. The van der Waals surface area contributed by atoms with Gasteiger partial charge in [0.05, 0.1) is 0 Å². The molecule has 1 aliphatic rings. The number of hydrogen-bond donors (Lipinski definition) is 1. The van der Waals surface area contributed by atoms with Crippen molar-refractivity contribution in [1.29, 1.82) is 0 Å². The summed E-state index contributed by atoms with van der Waals surface area (Å²) in [5, 5.41) is 7.83. The van der Waals surface area contributed by atoms with Gasteiger partial charge >= 0.3 is 0 Å². The van der Waals surface area contributed by atoms with E-state index in [1.807, 2.05) is 42.0 Å². The number of rotatable bonds is 7. The van der Waals surface area contributed by atoms with Crippen LogP contribution in [0.1, 0.15) is 13.3 Å². The Morgan fingerprint density at radius 2 is 2.19 bits per heavy atom. The van der Waals surface area contributed by atoms with Crippen LogP contribution in [0.5, 0.6) is 0 Å². The molecule has 1 N–H and O–H groups in total. The lowest BCUT2D eigenvalue weighted by atomic mass is 10.2. The highest BCUT2D eigenvalue weighted by molar-refractivity contribution is 7.99. The average Bonchev–Trinajstić information content (AvgIpc) is 3.34. The summed E-state index contributed by atoms with van der Waals surface area (Å²) in [7, 11) is 1.88. The number of benzene rings is 1. The summed E-state index contributed by atoms with van der Waals surface area (Å²) < 4.78 is 1.99. The molecular formula is C20H29N5S. The number of aromatic nitrogens is 2. The van der Waals surface area contributed by atoms with Crippen LogP contribution in [-0.2, 0) is 6.54 Å². The van der Waals surface area contributed by atoms with Crippen LogP contribution in [-0.4, -0.2) is 53.1 Å². The molecule has 2 unspecified atom stereocenters. The predicted molar refractivity (Wildman–Crippen MR) is 110 cm³/mol. The molecule has 5 nitrogen and oxygen atoms in total. The maximum absolute atomic E-state index is 4.49. The third-order valence-corrected chi connectivity index (χ3v) is 5.94. The second kappa shape index (κ2) is 9.67. The van der Waals surface area contributed by atoms with Crippen molar-refractivity contribution in [2.75, 3.05) is 32.4 Å². The molecule has 1 saturated heterocycles. The average molecular weight is 372 g/mol. The van der Waals surface area contributed by atoms with E-state index in [0.29, 0.717) is 5.92 Å². The van der Waals surface area contributed by atoms with Gasteiger partial charge in [0.25, 0.3) is 0 Å². The fraction of sp³-hybridized carbons (Fsp3) is 0.500. The summed E-state index contributed by atoms with van der Waals surface area (Å²) in [5.41, 5.74) is 0. The van der Waals surface area contributed by atoms with Gasteiger partial charge in [-0.2, -0.15) is 5.10 Å². The van der Waals surface area contributed by atoms with Crippen molar-refractivity contribution in [3.8, 4) is 0 Å². The number of hydrogen-bond acceptors (Lipinski definition) is 3. The highest BCUT2D eigenvalue weighted by Crippen LogP contribution is 2.25. The molecule has 0 amide bonds. The first-order valence-corrected chi connectivity index (χ1v) is 10.3. The topological polar surface area (TPSA) is 45.5 Å². The van der Waals surface area contributed by atoms with Crippen molar-refractivity contribution >= 4 is 17.7 Å². The maximum Gasteiger partial charge on any atom is 0.193 e. The smallest absolute Gasteiger partial charge is 0.193 e. The third kappa shape index (κ3) is 5.53. The van der Waals surface area contributed by atoms with Crippen LogP contribution >= 0.6 is 11.8 Å². The molecule has 0 bridgehead atoms. The van der Waals surface area contributed by atoms with Gasteiger partial charge in [-0.1, -0.05) is 25.1 Å². The zero-order valence-corrected chi connectivity index (χ0v) is 16.5. The van der Waals surface area contributed by atoms with E-state index in [2.05, 4.69) is 57.6 Å². The van der Waals surface area contributed by atoms with Crippen molar-refractivity contribution in [2.45, 2.75) is 24.8 Å². The van der Waals surface area contributed by atoms with Crippen LogP contribution < -0.4 is 5.32 Å². The minimum absolute atomic E-state index is 0.499. The molecule has 3 rings (SSSR count). The van der Waals surface area contributed by atoms with Gasteiger partial charge in [0.1, 0.15) is 0 Å². The van der Waals surface area contributed by atoms with E-state index >= 15 is 0 Å². The molecular weight excluding hydrogens is 342 g/mol.